The van der Waals surface area contributed by atoms with Gasteiger partial charge in [0.15, 0.2) is 0 Å². The van der Waals surface area contributed by atoms with Crippen molar-refractivity contribution in [3.63, 3.8) is 0 Å². The van der Waals surface area contributed by atoms with Gasteiger partial charge in [0.25, 0.3) is 5.22 Å². The van der Waals surface area contributed by atoms with E-state index in [1.54, 1.807) is 0 Å². The Hall–Kier alpha value is -2.34. The van der Waals surface area contributed by atoms with Crippen LogP contribution in [0.25, 0.3) is 10.8 Å². The number of thioether (sulfide) groups is 1. The highest BCUT2D eigenvalue weighted by molar-refractivity contribution is 7.99. The molecule has 2 aromatic carbocycles. The standard InChI is InChI=1S/C17H17N3O2S/c1-11(2)16-19-20-17(22-16)23-10-15(21)18-14-9-5-7-12-6-3-4-8-13(12)14/h3-9,11H,10H2,1-2H3,(H,18,21). The number of benzene rings is 2. The molecule has 3 rings (SSSR count). The van der Waals surface area contributed by atoms with Crippen LogP contribution in [0.5, 0.6) is 0 Å². The van der Waals surface area contributed by atoms with Gasteiger partial charge < -0.3 is 9.73 Å². The number of rotatable bonds is 5. The topological polar surface area (TPSA) is 68.0 Å². The van der Waals surface area contributed by atoms with E-state index in [-0.39, 0.29) is 17.6 Å². The molecule has 23 heavy (non-hydrogen) atoms. The molecule has 0 saturated heterocycles. The molecule has 0 aliphatic rings. The highest BCUT2D eigenvalue weighted by atomic mass is 32.2. The molecule has 6 heteroatoms. The minimum absolute atomic E-state index is 0.101. The SMILES string of the molecule is CC(C)c1nnc(SCC(=O)Nc2cccc3ccccc23)o1. The van der Waals surface area contributed by atoms with Gasteiger partial charge >= 0.3 is 0 Å². The molecule has 3 aromatic rings. The number of aromatic nitrogens is 2. The largest absolute Gasteiger partial charge is 0.416 e. The Morgan fingerprint density at radius 1 is 1.17 bits per heavy atom. The maximum Gasteiger partial charge on any atom is 0.277 e. The van der Waals surface area contributed by atoms with Crippen molar-refractivity contribution in [2.24, 2.45) is 0 Å². The van der Waals surface area contributed by atoms with E-state index in [0.717, 1.165) is 16.5 Å². The monoisotopic (exact) mass is 327 g/mol. The number of amides is 1. The fraction of sp³-hybridized carbons (Fsp3) is 0.235. The van der Waals surface area contributed by atoms with Crippen molar-refractivity contribution >= 4 is 34.1 Å². The number of anilines is 1. The normalized spacial score (nSPS) is 11.1. The molecule has 5 nitrogen and oxygen atoms in total. The molecular formula is C17H17N3O2S. The molecule has 0 aliphatic carbocycles. The van der Waals surface area contributed by atoms with Crippen LogP contribution in [0.15, 0.2) is 52.1 Å². The fourth-order valence-electron chi connectivity index (χ4n) is 2.16. The van der Waals surface area contributed by atoms with Crippen molar-refractivity contribution in [2.75, 3.05) is 11.1 Å². The number of hydrogen-bond donors (Lipinski definition) is 1. The van der Waals surface area contributed by atoms with Crippen molar-refractivity contribution < 1.29 is 9.21 Å². The highest BCUT2D eigenvalue weighted by Gasteiger charge is 2.12. The van der Waals surface area contributed by atoms with Crippen LogP contribution in [-0.4, -0.2) is 21.9 Å². The van der Waals surface area contributed by atoms with Gasteiger partial charge in [-0.1, -0.05) is 62.0 Å². The van der Waals surface area contributed by atoms with Crippen LogP contribution in [0.1, 0.15) is 25.7 Å². The quantitative estimate of drug-likeness (QED) is 0.715. The van der Waals surface area contributed by atoms with E-state index in [1.165, 1.54) is 11.8 Å². The van der Waals surface area contributed by atoms with E-state index in [9.17, 15) is 4.79 Å². The third-order valence-corrected chi connectivity index (χ3v) is 4.12. The second-order valence-corrected chi connectivity index (χ2v) is 6.35. The number of nitrogens with zero attached hydrogens (tertiary/aromatic N) is 2. The number of fused-ring (bicyclic) bond motifs is 1. The van der Waals surface area contributed by atoms with Crippen molar-refractivity contribution in [3.8, 4) is 0 Å². The summed E-state index contributed by atoms with van der Waals surface area (Å²) < 4.78 is 5.48. The van der Waals surface area contributed by atoms with Crippen molar-refractivity contribution in [1.82, 2.24) is 10.2 Å². The first-order valence-corrected chi connectivity index (χ1v) is 8.36. The van der Waals surface area contributed by atoms with E-state index in [4.69, 9.17) is 4.42 Å². The maximum atomic E-state index is 12.1. The van der Waals surface area contributed by atoms with Gasteiger partial charge in [0.05, 0.1) is 5.75 Å². The summed E-state index contributed by atoms with van der Waals surface area (Å²) in [5.41, 5.74) is 0.807. The zero-order valence-electron chi connectivity index (χ0n) is 12.9. The van der Waals surface area contributed by atoms with Gasteiger partial charge in [-0.3, -0.25) is 4.79 Å². The lowest BCUT2D eigenvalue weighted by Gasteiger charge is -2.07. The van der Waals surface area contributed by atoms with Gasteiger partial charge in [-0.25, -0.2) is 0 Å². The summed E-state index contributed by atoms with van der Waals surface area (Å²) >= 11 is 1.24. The van der Waals surface area contributed by atoms with Crippen LogP contribution in [0, 0.1) is 0 Å². The summed E-state index contributed by atoms with van der Waals surface area (Å²) in [4.78, 5) is 12.1. The second kappa shape index (κ2) is 6.83. The molecule has 0 saturated carbocycles. The third-order valence-electron chi connectivity index (χ3n) is 3.31. The molecule has 0 radical (unpaired) electrons. The lowest BCUT2D eigenvalue weighted by molar-refractivity contribution is -0.113. The summed E-state index contributed by atoms with van der Waals surface area (Å²) in [6, 6.07) is 13.8. The zero-order valence-corrected chi connectivity index (χ0v) is 13.8. The van der Waals surface area contributed by atoms with E-state index in [1.807, 2.05) is 56.3 Å². The molecule has 0 unspecified atom stereocenters. The highest BCUT2D eigenvalue weighted by Crippen LogP contribution is 2.24. The molecule has 0 bridgehead atoms. The van der Waals surface area contributed by atoms with E-state index in [0.29, 0.717) is 11.1 Å². The zero-order chi connectivity index (χ0) is 16.2. The Kier molecular flexibility index (Phi) is 4.62. The second-order valence-electron chi connectivity index (χ2n) is 5.42. The van der Waals surface area contributed by atoms with Gasteiger partial charge in [-0.05, 0) is 11.5 Å². The number of carbonyl (C=O) groups excluding carboxylic acids is 1. The van der Waals surface area contributed by atoms with Gasteiger partial charge in [-0.15, -0.1) is 10.2 Å². The van der Waals surface area contributed by atoms with E-state index >= 15 is 0 Å². The van der Waals surface area contributed by atoms with Crippen molar-refractivity contribution in [2.45, 2.75) is 25.0 Å². The molecule has 1 heterocycles. The smallest absolute Gasteiger partial charge is 0.277 e. The molecule has 118 valence electrons. The Labute approximate surface area is 138 Å². The van der Waals surface area contributed by atoms with Gasteiger partial charge in [0.2, 0.25) is 11.8 Å². The van der Waals surface area contributed by atoms with Crippen LogP contribution >= 0.6 is 11.8 Å². The molecule has 1 aromatic heterocycles. The molecule has 0 aliphatic heterocycles. The average molecular weight is 327 g/mol. The van der Waals surface area contributed by atoms with E-state index in [2.05, 4.69) is 15.5 Å². The summed E-state index contributed by atoms with van der Waals surface area (Å²) in [5, 5.41) is 13.4. The Morgan fingerprint density at radius 2 is 1.96 bits per heavy atom. The van der Waals surface area contributed by atoms with E-state index < -0.39 is 0 Å². The summed E-state index contributed by atoms with van der Waals surface area (Å²) in [5.74, 6) is 0.891. The van der Waals surface area contributed by atoms with Crippen molar-refractivity contribution in [3.05, 3.63) is 48.4 Å². The summed E-state index contributed by atoms with van der Waals surface area (Å²) in [6.07, 6.45) is 0. The fourth-order valence-corrected chi connectivity index (χ4v) is 2.73. The first-order chi connectivity index (χ1) is 11.1. The summed E-state index contributed by atoms with van der Waals surface area (Å²) in [7, 11) is 0. The average Bonchev–Trinajstić information content (AvgIpc) is 3.03. The molecule has 0 atom stereocenters. The minimum atomic E-state index is -0.101. The number of hydrogen-bond acceptors (Lipinski definition) is 5. The molecule has 1 amide bonds. The van der Waals surface area contributed by atoms with Crippen LogP contribution in [0.2, 0.25) is 0 Å². The van der Waals surface area contributed by atoms with Crippen LogP contribution < -0.4 is 5.32 Å². The summed E-state index contributed by atoms with van der Waals surface area (Å²) in [6.45, 7) is 3.96. The maximum absolute atomic E-state index is 12.1. The molecule has 1 N–H and O–H groups in total. The Bertz CT molecular complexity index is 824. The molecule has 0 fully saturated rings. The molecule has 0 spiro atoms. The van der Waals surface area contributed by atoms with Crippen LogP contribution in [0.3, 0.4) is 0 Å². The van der Waals surface area contributed by atoms with Gasteiger partial charge in [0, 0.05) is 17.0 Å². The van der Waals surface area contributed by atoms with Crippen molar-refractivity contribution in [1.29, 1.82) is 0 Å². The van der Waals surface area contributed by atoms with Crippen LogP contribution in [0.4, 0.5) is 5.69 Å². The Morgan fingerprint density at radius 3 is 2.74 bits per heavy atom. The predicted octanol–water partition coefficient (Wildman–Crippen LogP) is 4.08. The van der Waals surface area contributed by atoms with Gasteiger partial charge in [0.1, 0.15) is 0 Å². The molecular weight excluding hydrogens is 310 g/mol. The van der Waals surface area contributed by atoms with Crippen LogP contribution in [-0.2, 0) is 4.79 Å². The third kappa shape index (κ3) is 3.71. The Balaban J connectivity index is 1.64. The first-order valence-electron chi connectivity index (χ1n) is 7.37. The first kappa shape index (κ1) is 15.6. The predicted molar refractivity (Wildman–Crippen MR) is 91.7 cm³/mol. The lowest BCUT2D eigenvalue weighted by Crippen LogP contribution is -2.14. The minimum Gasteiger partial charge on any atom is -0.416 e. The number of carbonyl (C=O) groups is 1. The van der Waals surface area contributed by atoms with Gasteiger partial charge in [-0.2, -0.15) is 0 Å². The lowest BCUT2D eigenvalue weighted by atomic mass is 10.1. The number of nitrogens with one attached hydrogen (secondary N) is 1.